The number of amides is 1. The Labute approximate surface area is 187 Å². The number of hydrogen-bond donors (Lipinski definition) is 2. The van der Waals surface area contributed by atoms with Crippen molar-refractivity contribution in [3.8, 4) is 5.75 Å². The van der Waals surface area contributed by atoms with Crippen LogP contribution >= 0.6 is 11.3 Å². The molecule has 0 saturated heterocycles. The molecule has 0 aliphatic rings. The largest absolute Gasteiger partial charge is 0.486 e. The van der Waals surface area contributed by atoms with E-state index >= 15 is 0 Å². The number of thiazole rings is 1. The lowest BCUT2D eigenvalue weighted by atomic mass is 10.3. The highest BCUT2D eigenvalue weighted by molar-refractivity contribution is 7.89. The fraction of sp³-hybridized carbons (Fsp3) is 0.150. The average Bonchev–Trinajstić information content (AvgIpc) is 3.12. The Bertz CT molecular complexity index is 1240. The number of sulfonamides is 1. The number of nitrogens with one attached hydrogen (secondary N) is 1. The van der Waals surface area contributed by atoms with Gasteiger partial charge in [0.05, 0.1) is 10.6 Å². The molecule has 1 heterocycles. The lowest BCUT2D eigenvalue weighted by Gasteiger charge is -2.07. The summed E-state index contributed by atoms with van der Waals surface area (Å²) in [6, 6.07) is 10.8. The zero-order valence-corrected chi connectivity index (χ0v) is 18.3. The number of primary sulfonamides is 1. The molecule has 3 aromatic rings. The summed E-state index contributed by atoms with van der Waals surface area (Å²) >= 11 is 1.05. The predicted octanol–water partition coefficient (Wildman–Crippen LogP) is 2.61. The summed E-state index contributed by atoms with van der Waals surface area (Å²) in [5.41, 5.74) is 0.603. The molecule has 32 heavy (non-hydrogen) atoms. The van der Waals surface area contributed by atoms with Crippen molar-refractivity contribution in [2.75, 3.05) is 11.9 Å². The van der Waals surface area contributed by atoms with Crippen molar-refractivity contribution in [1.29, 1.82) is 0 Å². The van der Waals surface area contributed by atoms with Crippen LogP contribution < -0.4 is 15.2 Å². The van der Waals surface area contributed by atoms with Gasteiger partial charge in [0.15, 0.2) is 6.61 Å². The van der Waals surface area contributed by atoms with Crippen molar-refractivity contribution in [2.45, 2.75) is 18.4 Å². The van der Waals surface area contributed by atoms with E-state index in [1.54, 1.807) is 6.92 Å². The fourth-order valence-electron chi connectivity index (χ4n) is 2.52. The van der Waals surface area contributed by atoms with Crippen LogP contribution in [0.5, 0.6) is 5.75 Å². The number of halogens is 1. The summed E-state index contributed by atoms with van der Waals surface area (Å²) in [4.78, 5) is 28.7. The summed E-state index contributed by atoms with van der Waals surface area (Å²) in [5, 5.41) is 7.99. The Morgan fingerprint density at radius 3 is 2.59 bits per heavy atom. The maximum absolute atomic E-state index is 12.9. The van der Waals surface area contributed by atoms with Gasteiger partial charge >= 0.3 is 5.97 Å². The number of carbonyl (C=O) groups is 2. The van der Waals surface area contributed by atoms with Crippen molar-refractivity contribution in [2.24, 2.45) is 5.14 Å². The number of nitrogens with two attached hydrogens (primary N) is 1. The van der Waals surface area contributed by atoms with Crippen LogP contribution in [0.4, 0.5) is 10.1 Å². The number of nitrogens with zero attached hydrogens (tertiary/aromatic N) is 1. The molecule has 0 radical (unpaired) electrons. The molecule has 2 aromatic carbocycles. The highest BCUT2D eigenvalue weighted by atomic mass is 32.2. The third-order valence-corrected chi connectivity index (χ3v) is 6.00. The number of carbonyl (C=O) groups excluding carboxylic acids is 2. The average molecular weight is 480 g/mol. The van der Waals surface area contributed by atoms with E-state index in [1.165, 1.54) is 48.5 Å². The molecule has 0 atom stereocenters. The summed E-state index contributed by atoms with van der Waals surface area (Å²) < 4.78 is 46.2. The lowest BCUT2D eigenvalue weighted by molar-refractivity contribution is -0.119. The molecule has 9 nitrogen and oxygen atoms in total. The maximum atomic E-state index is 12.9. The molecule has 0 aliphatic heterocycles. The van der Waals surface area contributed by atoms with Crippen LogP contribution in [0.3, 0.4) is 0 Å². The number of esters is 1. The quantitative estimate of drug-likeness (QED) is 0.474. The Kier molecular flexibility index (Phi) is 7.18. The van der Waals surface area contributed by atoms with Gasteiger partial charge < -0.3 is 14.8 Å². The van der Waals surface area contributed by atoms with Gasteiger partial charge in [0.1, 0.15) is 28.1 Å². The summed E-state index contributed by atoms with van der Waals surface area (Å²) in [6.45, 7) is 1.11. The molecule has 0 aliphatic carbocycles. The number of benzene rings is 2. The van der Waals surface area contributed by atoms with Crippen molar-refractivity contribution in [1.82, 2.24) is 4.98 Å². The molecule has 12 heteroatoms. The van der Waals surface area contributed by atoms with E-state index in [-0.39, 0.29) is 27.9 Å². The van der Waals surface area contributed by atoms with E-state index in [0.29, 0.717) is 16.5 Å². The summed E-state index contributed by atoms with van der Waals surface area (Å²) in [7, 11) is -3.92. The first-order valence-corrected chi connectivity index (χ1v) is 11.4. The molecule has 0 spiro atoms. The molecule has 3 rings (SSSR count). The number of aryl methyl sites for hydroxylation is 1. The molecule has 1 amide bonds. The van der Waals surface area contributed by atoms with Crippen LogP contribution in [-0.2, 0) is 26.2 Å². The van der Waals surface area contributed by atoms with Crippen molar-refractivity contribution >= 4 is 38.9 Å². The normalized spacial score (nSPS) is 11.1. The monoisotopic (exact) mass is 479 g/mol. The van der Waals surface area contributed by atoms with Crippen molar-refractivity contribution < 1.29 is 31.9 Å². The lowest BCUT2D eigenvalue weighted by Crippen LogP contribution is -2.21. The first-order valence-electron chi connectivity index (χ1n) is 9.06. The number of aromatic nitrogens is 1. The van der Waals surface area contributed by atoms with E-state index < -0.39 is 28.5 Å². The number of anilines is 1. The molecular formula is C20H18FN3O6S2. The van der Waals surface area contributed by atoms with Gasteiger partial charge in [-0.3, -0.25) is 4.79 Å². The molecule has 0 bridgehead atoms. The van der Waals surface area contributed by atoms with Gasteiger partial charge in [-0.05, 0) is 49.4 Å². The van der Waals surface area contributed by atoms with E-state index in [9.17, 15) is 22.4 Å². The Hall–Kier alpha value is -3.35. The van der Waals surface area contributed by atoms with Gasteiger partial charge in [0.2, 0.25) is 10.0 Å². The minimum absolute atomic E-state index is 0.0747. The fourth-order valence-corrected chi connectivity index (χ4v) is 3.95. The second kappa shape index (κ2) is 9.85. The SMILES string of the molecule is Cc1nc(COc2ccc(F)cc2)sc1C(=O)OCC(=O)Nc1cccc(S(N)(=O)=O)c1. The summed E-state index contributed by atoms with van der Waals surface area (Å²) in [6.07, 6.45) is 0. The summed E-state index contributed by atoms with van der Waals surface area (Å²) in [5.74, 6) is -1.33. The number of ether oxygens (including phenoxy) is 2. The van der Waals surface area contributed by atoms with Gasteiger partial charge in [-0.15, -0.1) is 11.3 Å². The van der Waals surface area contributed by atoms with Crippen LogP contribution in [0.25, 0.3) is 0 Å². The van der Waals surface area contributed by atoms with Crippen molar-refractivity contribution in [3.05, 3.63) is 69.9 Å². The molecular weight excluding hydrogens is 461 g/mol. The van der Waals surface area contributed by atoms with E-state index in [0.717, 1.165) is 11.3 Å². The first kappa shape index (κ1) is 23.3. The molecule has 1 aromatic heterocycles. The minimum atomic E-state index is -3.92. The van der Waals surface area contributed by atoms with Gasteiger partial charge in [0, 0.05) is 5.69 Å². The predicted molar refractivity (Wildman–Crippen MR) is 114 cm³/mol. The standard InChI is InChI=1S/C20H18FN3O6S2/c1-12-19(31-18(23-12)11-29-15-7-5-13(21)6-8-15)20(26)30-10-17(25)24-14-3-2-4-16(9-14)32(22,27)28/h2-9H,10-11H2,1H3,(H,24,25)(H2,22,27,28). The molecule has 0 unspecified atom stereocenters. The first-order chi connectivity index (χ1) is 15.1. The Morgan fingerprint density at radius 1 is 1.19 bits per heavy atom. The molecule has 168 valence electrons. The number of hydrogen-bond acceptors (Lipinski definition) is 8. The molecule has 0 fully saturated rings. The minimum Gasteiger partial charge on any atom is -0.486 e. The second-order valence-corrected chi connectivity index (χ2v) is 9.11. The van der Waals surface area contributed by atoms with Crippen LogP contribution in [0.1, 0.15) is 20.4 Å². The Balaban J connectivity index is 1.54. The smallest absolute Gasteiger partial charge is 0.350 e. The van der Waals surface area contributed by atoms with Crippen molar-refractivity contribution in [3.63, 3.8) is 0 Å². The molecule has 0 saturated carbocycles. The molecule has 3 N–H and O–H groups in total. The number of rotatable bonds is 8. The van der Waals surface area contributed by atoms with Crippen LogP contribution in [0.15, 0.2) is 53.4 Å². The van der Waals surface area contributed by atoms with Gasteiger partial charge in [0.25, 0.3) is 5.91 Å². The highest BCUT2D eigenvalue weighted by Gasteiger charge is 2.18. The zero-order valence-electron chi connectivity index (χ0n) is 16.7. The van der Waals surface area contributed by atoms with Crippen LogP contribution in [-0.4, -0.2) is 31.9 Å². The van der Waals surface area contributed by atoms with Gasteiger partial charge in [-0.1, -0.05) is 6.07 Å². The zero-order chi connectivity index (χ0) is 23.3. The van der Waals surface area contributed by atoms with E-state index in [4.69, 9.17) is 14.6 Å². The third-order valence-electron chi connectivity index (χ3n) is 3.98. The van der Waals surface area contributed by atoms with Crippen LogP contribution in [0.2, 0.25) is 0 Å². The van der Waals surface area contributed by atoms with E-state index in [1.807, 2.05) is 0 Å². The van der Waals surface area contributed by atoms with E-state index in [2.05, 4.69) is 10.3 Å². The van der Waals surface area contributed by atoms with Crippen LogP contribution in [0, 0.1) is 12.7 Å². The maximum Gasteiger partial charge on any atom is 0.350 e. The topological polar surface area (TPSA) is 138 Å². The third kappa shape index (κ3) is 6.33. The van der Waals surface area contributed by atoms with Gasteiger partial charge in [-0.25, -0.2) is 27.7 Å². The highest BCUT2D eigenvalue weighted by Crippen LogP contribution is 2.21. The van der Waals surface area contributed by atoms with Gasteiger partial charge in [-0.2, -0.15) is 0 Å². The Morgan fingerprint density at radius 2 is 1.91 bits per heavy atom. The second-order valence-electron chi connectivity index (χ2n) is 6.46.